The molecule has 2 amide bonds. The number of aromatic nitrogens is 2. The minimum absolute atomic E-state index is 0.138. The second kappa shape index (κ2) is 9.85. The molecule has 0 aliphatic carbocycles. The summed E-state index contributed by atoms with van der Waals surface area (Å²) in [7, 11) is 0. The van der Waals surface area contributed by atoms with E-state index >= 15 is 0 Å². The van der Waals surface area contributed by atoms with Crippen molar-refractivity contribution in [2.24, 2.45) is 0 Å². The van der Waals surface area contributed by atoms with Gasteiger partial charge in [-0.2, -0.15) is 0 Å². The van der Waals surface area contributed by atoms with Gasteiger partial charge in [0.2, 0.25) is 0 Å². The van der Waals surface area contributed by atoms with Crippen molar-refractivity contribution in [2.75, 3.05) is 18.1 Å². The molecule has 1 fully saturated rings. The fourth-order valence-electron chi connectivity index (χ4n) is 3.39. The molecule has 0 bridgehead atoms. The van der Waals surface area contributed by atoms with Gasteiger partial charge in [-0.1, -0.05) is 11.6 Å². The first kappa shape index (κ1) is 26.5. The molecule has 3 rings (SSSR count). The number of carbonyl (C=O) groups is 2. The maximum absolute atomic E-state index is 14.1. The molecule has 1 aliphatic rings. The smallest absolute Gasteiger partial charge is 0.406 e. The van der Waals surface area contributed by atoms with Crippen LogP contribution in [0.15, 0.2) is 43.0 Å². The normalized spacial score (nSPS) is 19.9. The summed E-state index contributed by atoms with van der Waals surface area (Å²) in [6.07, 6.45) is -1.77. The second-order valence-electron chi connectivity index (χ2n) is 7.52. The molecule has 1 N–H and O–H groups in total. The third-order valence-corrected chi connectivity index (χ3v) is 5.33. The number of ether oxygens (including phenoxy) is 2. The molecule has 8 nitrogen and oxygen atoms in total. The van der Waals surface area contributed by atoms with E-state index in [4.69, 9.17) is 16.3 Å². The molecular weight excluding hydrogens is 510 g/mol. The van der Waals surface area contributed by atoms with Crippen molar-refractivity contribution >= 4 is 29.1 Å². The van der Waals surface area contributed by atoms with Crippen molar-refractivity contribution in [3.8, 4) is 5.75 Å². The van der Waals surface area contributed by atoms with E-state index < -0.39 is 60.3 Å². The molecule has 1 aromatic carbocycles. The fraction of sp³-hybridized carbons (Fsp3) is 0.400. The zero-order valence-corrected chi connectivity index (χ0v) is 18.5. The Balaban J connectivity index is 2.11. The van der Waals surface area contributed by atoms with Gasteiger partial charge >= 0.3 is 6.36 Å². The third kappa shape index (κ3) is 5.75. The minimum atomic E-state index is -5.01. The minimum Gasteiger partial charge on any atom is -0.406 e. The number of hydrogen-bond donors (Lipinski definition) is 1. The topological polar surface area (TPSA) is 93.6 Å². The van der Waals surface area contributed by atoms with Gasteiger partial charge in [0.15, 0.2) is 5.54 Å². The average molecular weight is 527 g/mol. The lowest BCUT2D eigenvalue weighted by Crippen LogP contribution is -2.61. The summed E-state index contributed by atoms with van der Waals surface area (Å²) in [6, 6.07) is 1.70. The zero-order valence-electron chi connectivity index (χ0n) is 17.7. The molecule has 2 aromatic rings. The zero-order chi connectivity index (χ0) is 26.0. The molecule has 1 saturated heterocycles. The van der Waals surface area contributed by atoms with E-state index in [0.717, 1.165) is 49.9 Å². The molecule has 0 saturated carbocycles. The first-order chi connectivity index (χ1) is 16.3. The molecule has 15 heteroatoms. The van der Waals surface area contributed by atoms with Crippen LogP contribution in [0.3, 0.4) is 0 Å². The van der Waals surface area contributed by atoms with Crippen LogP contribution in [0.1, 0.15) is 12.5 Å². The highest BCUT2D eigenvalue weighted by atomic mass is 35.5. The number of benzene rings is 1. The highest BCUT2D eigenvalue weighted by Crippen LogP contribution is 2.37. The molecular formula is C20H17ClF6N4O4. The summed E-state index contributed by atoms with van der Waals surface area (Å²) in [6.45, 7) is -0.411. The quantitative estimate of drug-likeness (QED) is 0.439. The first-order valence-corrected chi connectivity index (χ1v) is 10.2. The Kier molecular flexibility index (Phi) is 7.45. The standard InChI is InChI=1S/C20H17ClF6N4O4/c1-18(11-6-28-10-29-7-11,17(33)30-14-8-34-9-19(14,23)24)31(16(32)15(21)22)12-2-4-13(5-3-12)35-20(25,26)27/h2-7,10,14-15H,8-9H2,1H3,(H,30,33)/t14-,15+,18-/m1/s1. The van der Waals surface area contributed by atoms with E-state index in [1.165, 1.54) is 0 Å². The molecule has 190 valence electrons. The monoisotopic (exact) mass is 526 g/mol. The van der Waals surface area contributed by atoms with Gasteiger partial charge in [-0.25, -0.2) is 23.1 Å². The molecule has 0 unspecified atom stereocenters. The van der Waals surface area contributed by atoms with Crippen LogP contribution in [-0.4, -0.2) is 59.0 Å². The Labute approximate surface area is 199 Å². The molecule has 1 aromatic heterocycles. The summed E-state index contributed by atoms with van der Waals surface area (Å²) >= 11 is 5.37. The number of halogens is 7. The number of alkyl halides is 7. The summed E-state index contributed by atoms with van der Waals surface area (Å²) in [4.78, 5) is 34.3. The van der Waals surface area contributed by atoms with Crippen molar-refractivity contribution in [2.45, 2.75) is 36.4 Å². The van der Waals surface area contributed by atoms with Gasteiger partial charge in [-0.05, 0) is 31.2 Å². The molecule has 3 atom stereocenters. The fourth-order valence-corrected chi connectivity index (χ4v) is 3.49. The van der Waals surface area contributed by atoms with E-state index in [1.54, 1.807) is 0 Å². The van der Waals surface area contributed by atoms with Crippen molar-refractivity contribution in [3.05, 3.63) is 48.5 Å². The van der Waals surface area contributed by atoms with E-state index in [-0.39, 0.29) is 11.3 Å². The van der Waals surface area contributed by atoms with Crippen LogP contribution in [0.2, 0.25) is 0 Å². The van der Waals surface area contributed by atoms with Crippen LogP contribution in [-0.2, 0) is 19.9 Å². The van der Waals surface area contributed by atoms with Crippen molar-refractivity contribution in [3.63, 3.8) is 0 Å². The van der Waals surface area contributed by atoms with Gasteiger partial charge in [0.1, 0.15) is 24.7 Å². The van der Waals surface area contributed by atoms with Crippen LogP contribution in [0.25, 0.3) is 0 Å². The highest BCUT2D eigenvalue weighted by Gasteiger charge is 2.52. The molecule has 35 heavy (non-hydrogen) atoms. The lowest BCUT2D eigenvalue weighted by atomic mass is 9.89. The van der Waals surface area contributed by atoms with Crippen molar-refractivity contribution < 1.29 is 45.4 Å². The SMILES string of the molecule is C[C@](C(=O)N[C@@H]1COCC1(F)F)(c1cncnc1)N(C(=O)[C@H](F)Cl)c1ccc(OC(F)(F)F)cc1. The lowest BCUT2D eigenvalue weighted by Gasteiger charge is -2.40. The number of carbonyl (C=O) groups excluding carboxylic acids is 2. The predicted octanol–water partition coefficient (Wildman–Crippen LogP) is 3.31. The number of rotatable bonds is 7. The number of nitrogens with one attached hydrogen (secondary N) is 1. The van der Waals surface area contributed by atoms with Gasteiger partial charge in [-0.3, -0.25) is 14.5 Å². The van der Waals surface area contributed by atoms with E-state index in [0.29, 0.717) is 4.90 Å². The Hall–Kier alpha value is -3.13. The Morgan fingerprint density at radius 1 is 1.23 bits per heavy atom. The largest absolute Gasteiger partial charge is 0.573 e. The van der Waals surface area contributed by atoms with Crippen molar-refractivity contribution in [1.29, 1.82) is 0 Å². The van der Waals surface area contributed by atoms with Gasteiger partial charge in [0.25, 0.3) is 23.4 Å². The van der Waals surface area contributed by atoms with Gasteiger partial charge in [0.05, 0.1) is 6.61 Å². The van der Waals surface area contributed by atoms with Crippen LogP contribution in [0.5, 0.6) is 5.75 Å². The number of hydrogen-bond acceptors (Lipinski definition) is 6. The maximum Gasteiger partial charge on any atom is 0.573 e. The van der Waals surface area contributed by atoms with E-state index in [2.05, 4.69) is 20.0 Å². The van der Waals surface area contributed by atoms with E-state index in [1.807, 2.05) is 0 Å². The average Bonchev–Trinajstić information content (AvgIpc) is 3.11. The van der Waals surface area contributed by atoms with Gasteiger partial charge < -0.3 is 14.8 Å². The third-order valence-electron chi connectivity index (χ3n) is 5.14. The first-order valence-electron chi connectivity index (χ1n) is 9.76. The van der Waals surface area contributed by atoms with Crippen LogP contribution in [0.4, 0.5) is 32.0 Å². The lowest BCUT2D eigenvalue weighted by molar-refractivity contribution is -0.274. The van der Waals surface area contributed by atoms with Gasteiger partial charge in [-0.15, -0.1) is 13.2 Å². The molecule has 0 spiro atoms. The number of amides is 2. The number of anilines is 1. The van der Waals surface area contributed by atoms with Crippen LogP contribution < -0.4 is 15.0 Å². The Bertz CT molecular complexity index is 1060. The van der Waals surface area contributed by atoms with Gasteiger partial charge in [0, 0.05) is 23.6 Å². The predicted molar refractivity (Wildman–Crippen MR) is 108 cm³/mol. The Morgan fingerprint density at radius 2 is 1.83 bits per heavy atom. The number of nitrogens with zero attached hydrogens (tertiary/aromatic N) is 3. The summed E-state index contributed by atoms with van der Waals surface area (Å²) in [5.41, 5.74) is -5.44. The van der Waals surface area contributed by atoms with Crippen LogP contribution >= 0.6 is 11.6 Å². The highest BCUT2D eigenvalue weighted by molar-refractivity contribution is 6.32. The van der Waals surface area contributed by atoms with E-state index in [9.17, 15) is 35.9 Å². The molecule has 1 aliphatic heterocycles. The summed E-state index contributed by atoms with van der Waals surface area (Å²) < 4.78 is 88.3. The second-order valence-corrected chi connectivity index (χ2v) is 7.90. The molecule has 0 radical (unpaired) electrons. The Morgan fingerprint density at radius 3 is 2.31 bits per heavy atom. The summed E-state index contributed by atoms with van der Waals surface area (Å²) in [5, 5.41) is 2.09. The molecule has 2 heterocycles. The van der Waals surface area contributed by atoms with Crippen molar-refractivity contribution in [1.82, 2.24) is 15.3 Å². The van der Waals surface area contributed by atoms with Crippen LogP contribution in [0, 0.1) is 0 Å². The summed E-state index contributed by atoms with van der Waals surface area (Å²) in [5.74, 6) is -6.83. The maximum atomic E-state index is 14.1.